The van der Waals surface area contributed by atoms with Crippen molar-refractivity contribution in [2.24, 2.45) is 0 Å². The van der Waals surface area contributed by atoms with Gasteiger partial charge in [-0.3, -0.25) is 4.90 Å². The normalized spacial score (nSPS) is 14.7. The van der Waals surface area contributed by atoms with Gasteiger partial charge in [0.2, 0.25) is 5.95 Å². The minimum Gasteiger partial charge on any atom is -0.369 e. The number of aromatic nitrogens is 4. The van der Waals surface area contributed by atoms with Crippen LogP contribution >= 0.6 is 12.4 Å². The molecule has 3 aromatic rings. The van der Waals surface area contributed by atoms with Gasteiger partial charge in [0.1, 0.15) is 11.6 Å². The Balaban J connectivity index is 0.00000272. The summed E-state index contributed by atoms with van der Waals surface area (Å²) < 4.78 is 28.6. The molecule has 0 aliphatic carbocycles. The third-order valence-corrected chi connectivity index (χ3v) is 5.17. The fourth-order valence-corrected chi connectivity index (χ4v) is 3.54. The van der Waals surface area contributed by atoms with Crippen LogP contribution in [0, 0.1) is 18.6 Å². The van der Waals surface area contributed by atoms with Gasteiger partial charge >= 0.3 is 0 Å². The molecule has 7 nitrogen and oxygen atoms in total. The van der Waals surface area contributed by atoms with Crippen LogP contribution in [-0.2, 0) is 0 Å². The van der Waals surface area contributed by atoms with Crippen LogP contribution in [0.2, 0.25) is 0 Å². The van der Waals surface area contributed by atoms with Crippen molar-refractivity contribution in [3.05, 3.63) is 65.6 Å². The highest BCUT2D eigenvalue weighted by Gasteiger charge is 2.17. The Morgan fingerprint density at radius 1 is 1.10 bits per heavy atom. The summed E-state index contributed by atoms with van der Waals surface area (Å²) in [4.78, 5) is 12.4. The van der Waals surface area contributed by atoms with Crippen LogP contribution in [0.4, 0.5) is 20.4 Å². The molecule has 31 heavy (non-hydrogen) atoms. The lowest BCUT2D eigenvalue weighted by atomic mass is 10.2. The van der Waals surface area contributed by atoms with E-state index in [1.807, 2.05) is 17.9 Å². The minimum atomic E-state index is -0.545. The Kier molecular flexibility index (Phi) is 7.19. The summed E-state index contributed by atoms with van der Waals surface area (Å²) in [6.45, 7) is 5.85. The number of anilines is 2. The third-order valence-electron chi connectivity index (χ3n) is 5.17. The largest absolute Gasteiger partial charge is 0.369 e. The van der Waals surface area contributed by atoms with Crippen LogP contribution in [0.1, 0.15) is 11.3 Å². The predicted molar refractivity (Wildman–Crippen MR) is 120 cm³/mol. The molecular weight excluding hydrogens is 424 g/mol. The number of piperazine rings is 1. The Bertz CT molecular complexity index is 1040. The Labute approximate surface area is 185 Å². The number of nitrogen functional groups attached to an aromatic ring is 1. The monoisotopic (exact) mass is 447 g/mol. The summed E-state index contributed by atoms with van der Waals surface area (Å²) in [6, 6.07) is 5.41. The molecule has 0 atom stereocenters. The van der Waals surface area contributed by atoms with Crippen molar-refractivity contribution in [2.75, 3.05) is 43.4 Å². The van der Waals surface area contributed by atoms with Crippen molar-refractivity contribution >= 4 is 30.1 Å². The molecule has 0 saturated carbocycles. The van der Waals surface area contributed by atoms with Gasteiger partial charge in [0, 0.05) is 62.3 Å². The SMILES string of the molecule is Cc1c(/C=C/CN2CCN(c3cc(F)cc(F)c3)CC2)cnn1-c1ccnc(N)n1.Cl. The van der Waals surface area contributed by atoms with E-state index in [9.17, 15) is 8.78 Å². The molecule has 4 rings (SSSR count). The van der Waals surface area contributed by atoms with Gasteiger partial charge in [-0.15, -0.1) is 12.4 Å². The van der Waals surface area contributed by atoms with Crippen molar-refractivity contribution in [3.63, 3.8) is 0 Å². The van der Waals surface area contributed by atoms with Gasteiger partial charge < -0.3 is 10.6 Å². The van der Waals surface area contributed by atoms with Crippen LogP contribution in [0.15, 0.2) is 42.7 Å². The van der Waals surface area contributed by atoms with Crippen LogP contribution in [0.3, 0.4) is 0 Å². The third kappa shape index (κ3) is 5.36. The summed E-state index contributed by atoms with van der Waals surface area (Å²) in [6.07, 6.45) is 7.53. The van der Waals surface area contributed by atoms with E-state index in [4.69, 9.17) is 5.73 Å². The first-order valence-electron chi connectivity index (χ1n) is 9.73. The second-order valence-electron chi connectivity index (χ2n) is 7.19. The highest BCUT2D eigenvalue weighted by Crippen LogP contribution is 2.20. The van der Waals surface area contributed by atoms with E-state index in [0.717, 1.165) is 50.0 Å². The number of nitrogens with zero attached hydrogens (tertiary/aromatic N) is 6. The molecule has 10 heteroatoms. The summed E-state index contributed by atoms with van der Waals surface area (Å²) in [5.41, 5.74) is 8.21. The van der Waals surface area contributed by atoms with E-state index in [1.165, 1.54) is 12.1 Å². The molecule has 0 unspecified atom stereocenters. The number of nitrogens with two attached hydrogens (primary N) is 1. The molecule has 0 amide bonds. The molecule has 3 heterocycles. The van der Waals surface area contributed by atoms with Gasteiger partial charge in [0.15, 0.2) is 5.82 Å². The number of rotatable bonds is 5. The summed E-state index contributed by atoms with van der Waals surface area (Å²) >= 11 is 0. The quantitative estimate of drug-likeness (QED) is 0.647. The van der Waals surface area contributed by atoms with Crippen molar-refractivity contribution in [2.45, 2.75) is 6.92 Å². The van der Waals surface area contributed by atoms with E-state index in [2.05, 4.69) is 26.0 Å². The molecule has 1 aliphatic rings. The molecule has 0 spiro atoms. The molecule has 1 saturated heterocycles. The van der Waals surface area contributed by atoms with E-state index in [0.29, 0.717) is 11.5 Å². The molecule has 0 radical (unpaired) electrons. The van der Waals surface area contributed by atoms with E-state index in [-0.39, 0.29) is 18.4 Å². The lowest BCUT2D eigenvalue weighted by Gasteiger charge is -2.35. The second kappa shape index (κ2) is 9.84. The van der Waals surface area contributed by atoms with Crippen molar-refractivity contribution < 1.29 is 8.78 Å². The van der Waals surface area contributed by atoms with E-state index >= 15 is 0 Å². The molecule has 1 aromatic carbocycles. The Hall–Kier alpha value is -3.04. The zero-order valence-electron chi connectivity index (χ0n) is 17.1. The maximum Gasteiger partial charge on any atom is 0.221 e. The molecule has 1 aliphatic heterocycles. The van der Waals surface area contributed by atoms with E-state index < -0.39 is 11.6 Å². The van der Waals surface area contributed by atoms with Gasteiger partial charge in [0.25, 0.3) is 0 Å². The van der Waals surface area contributed by atoms with Crippen LogP contribution in [-0.4, -0.2) is 57.4 Å². The average molecular weight is 448 g/mol. The topological polar surface area (TPSA) is 76.1 Å². The zero-order valence-corrected chi connectivity index (χ0v) is 17.9. The first-order valence-corrected chi connectivity index (χ1v) is 9.73. The standard InChI is InChI=1S/C21H23F2N7.ClH/c1-15-16(14-26-30(15)20-4-5-25-21(24)27-20)3-2-6-28-7-9-29(10-8-28)19-12-17(22)11-18(23)13-19;/h2-5,11-14H,6-10H2,1H3,(H2,24,25,27);1H/b3-2+;. The fourth-order valence-electron chi connectivity index (χ4n) is 3.54. The number of hydrogen-bond acceptors (Lipinski definition) is 6. The highest BCUT2D eigenvalue weighted by molar-refractivity contribution is 5.85. The Morgan fingerprint density at radius 3 is 2.48 bits per heavy atom. The summed E-state index contributed by atoms with van der Waals surface area (Å²) in [5, 5.41) is 4.39. The Morgan fingerprint density at radius 2 is 1.81 bits per heavy atom. The molecule has 2 aromatic heterocycles. The van der Waals surface area contributed by atoms with E-state index in [1.54, 1.807) is 23.1 Å². The van der Waals surface area contributed by atoms with Crippen molar-refractivity contribution in [3.8, 4) is 5.82 Å². The van der Waals surface area contributed by atoms with Gasteiger partial charge in [0.05, 0.1) is 11.9 Å². The van der Waals surface area contributed by atoms with Crippen molar-refractivity contribution in [1.82, 2.24) is 24.6 Å². The predicted octanol–water partition coefficient (Wildman–Crippen LogP) is 3.09. The minimum absolute atomic E-state index is 0. The maximum absolute atomic E-state index is 13.4. The lowest BCUT2D eigenvalue weighted by molar-refractivity contribution is 0.284. The smallest absolute Gasteiger partial charge is 0.221 e. The molecule has 1 fully saturated rings. The first kappa shape index (κ1) is 22.6. The van der Waals surface area contributed by atoms with Gasteiger partial charge in [-0.05, 0) is 19.1 Å². The average Bonchev–Trinajstić information content (AvgIpc) is 3.08. The summed E-state index contributed by atoms with van der Waals surface area (Å²) in [5.74, 6) is -0.254. The first-order chi connectivity index (χ1) is 14.5. The molecule has 164 valence electrons. The lowest BCUT2D eigenvalue weighted by Crippen LogP contribution is -2.46. The fraction of sp³-hybridized carbons (Fsp3) is 0.286. The highest BCUT2D eigenvalue weighted by atomic mass is 35.5. The summed E-state index contributed by atoms with van der Waals surface area (Å²) in [7, 11) is 0. The van der Waals surface area contributed by atoms with Crippen LogP contribution in [0.5, 0.6) is 0 Å². The zero-order chi connectivity index (χ0) is 21.1. The molecular formula is C21H24ClF2N7. The molecule has 0 bridgehead atoms. The maximum atomic E-state index is 13.4. The van der Waals surface area contributed by atoms with Gasteiger partial charge in [-0.1, -0.05) is 12.2 Å². The number of benzene rings is 1. The molecule has 2 N–H and O–H groups in total. The van der Waals surface area contributed by atoms with Crippen molar-refractivity contribution in [1.29, 1.82) is 0 Å². The number of hydrogen-bond donors (Lipinski definition) is 1. The van der Waals surface area contributed by atoms with Crippen LogP contribution in [0.25, 0.3) is 11.9 Å². The van der Waals surface area contributed by atoms with Crippen LogP contribution < -0.4 is 10.6 Å². The van der Waals surface area contributed by atoms with Gasteiger partial charge in [-0.25, -0.2) is 18.4 Å². The number of halogens is 3. The second-order valence-corrected chi connectivity index (χ2v) is 7.19. The van der Waals surface area contributed by atoms with Gasteiger partial charge in [-0.2, -0.15) is 10.1 Å².